The molecule has 0 aliphatic carbocycles. The fourth-order valence-corrected chi connectivity index (χ4v) is 14.6. The molecule has 0 heterocycles. The van der Waals surface area contributed by atoms with Crippen LogP contribution in [0.4, 0.5) is 0 Å². The first-order valence-electron chi connectivity index (χ1n) is 43.5. The van der Waals surface area contributed by atoms with E-state index in [2.05, 4.69) is 41.5 Å². The molecule has 17 nitrogen and oxygen atoms in total. The fraction of sp³-hybridized carbons (Fsp3) is 0.952. The highest BCUT2D eigenvalue weighted by atomic mass is 31.2. The van der Waals surface area contributed by atoms with Crippen molar-refractivity contribution < 1.29 is 80.2 Å². The zero-order valence-corrected chi connectivity index (χ0v) is 69.4. The number of ether oxygens (including phenoxy) is 4. The Bertz CT molecular complexity index is 1980. The fourth-order valence-electron chi connectivity index (χ4n) is 13.0. The molecule has 612 valence electrons. The Morgan fingerprint density at radius 3 is 0.738 bits per heavy atom. The minimum Gasteiger partial charge on any atom is -0.462 e. The molecule has 0 aliphatic rings. The van der Waals surface area contributed by atoms with Gasteiger partial charge in [-0.25, -0.2) is 9.13 Å². The second-order valence-corrected chi connectivity index (χ2v) is 33.8. The van der Waals surface area contributed by atoms with Gasteiger partial charge >= 0.3 is 39.5 Å². The molecule has 0 amide bonds. The lowest BCUT2D eigenvalue weighted by Crippen LogP contribution is -2.30. The number of phosphoric acid groups is 2. The zero-order valence-electron chi connectivity index (χ0n) is 67.6. The van der Waals surface area contributed by atoms with Crippen LogP contribution < -0.4 is 0 Å². The number of carbonyl (C=O) groups excluding carboxylic acids is 4. The first kappa shape index (κ1) is 101. The third-order valence-corrected chi connectivity index (χ3v) is 22.0. The highest BCUT2D eigenvalue weighted by molar-refractivity contribution is 7.47. The number of unbranched alkanes of at least 4 members (excludes halogenated alkanes) is 52. The Labute approximate surface area is 632 Å². The van der Waals surface area contributed by atoms with Crippen molar-refractivity contribution in [1.29, 1.82) is 0 Å². The van der Waals surface area contributed by atoms with E-state index in [1.165, 1.54) is 257 Å². The number of rotatable bonds is 83. The first-order chi connectivity index (χ1) is 49.9. The van der Waals surface area contributed by atoms with Gasteiger partial charge in [0.25, 0.3) is 0 Å². The molecule has 0 aliphatic heterocycles. The Morgan fingerprint density at radius 2 is 0.495 bits per heavy atom. The van der Waals surface area contributed by atoms with Crippen molar-refractivity contribution in [3.63, 3.8) is 0 Å². The van der Waals surface area contributed by atoms with Gasteiger partial charge < -0.3 is 33.8 Å². The van der Waals surface area contributed by atoms with Gasteiger partial charge in [0, 0.05) is 25.7 Å². The summed E-state index contributed by atoms with van der Waals surface area (Å²) in [5, 5.41) is 10.7. The van der Waals surface area contributed by atoms with Crippen LogP contribution in [0.25, 0.3) is 0 Å². The van der Waals surface area contributed by atoms with Crippen LogP contribution in [-0.4, -0.2) is 96.7 Å². The summed E-state index contributed by atoms with van der Waals surface area (Å²) in [4.78, 5) is 73.1. The Morgan fingerprint density at radius 1 is 0.282 bits per heavy atom. The standard InChI is InChI=1S/C84H164O17P2/c1-7-10-12-14-16-18-20-22-24-25-26-27-28-32-37-41-45-49-57-63-68-83(88)100-79(72-94-81(86)66-60-54-47-43-39-35-33-29-31-34-38-42-46-52-58-64-76(4)5)74-98-102(90,91)96-70-78(85)71-97-103(92,93)99-75-80(73-95-82(87)67-61-55-51-50-53-59-65-77(6)9-3)101-84(89)69-62-56-48-44-40-36-30-23-21-19-17-15-13-11-8-2/h76-80,85H,7-75H2,1-6H3,(H,90,91)(H,92,93)/t77?,78-,79-,80-/m1/s1. The first-order valence-corrected chi connectivity index (χ1v) is 46.5. The van der Waals surface area contributed by atoms with Gasteiger partial charge in [0.1, 0.15) is 19.3 Å². The van der Waals surface area contributed by atoms with Crippen molar-refractivity contribution in [3.8, 4) is 0 Å². The summed E-state index contributed by atoms with van der Waals surface area (Å²) in [5.74, 6) is -0.568. The third-order valence-electron chi connectivity index (χ3n) is 20.1. The van der Waals surface area contributed by atoms with Crippen LogP contribution in [-0.2, 0) is 65.4 Å². The molecule has 0 bridgehead atoms. The van der Waals surface area contributed by atoms with E-state index >= 15 is 0 Å². The van der Waals surface area contributed by atoms with Gasteiger partial charge in [0.15, 0.2) is 12.2 Å². The van der Waals surface area contributed by atoms with Gasteiger partial charge in [-0.15, -0.1) is 0 Å². The largest absolute Gasteiger partial charge is 0.472 e. The number of aliphatic hydroxyl groups excluding tert-OH is 1. The Hall–Kier alpha value is -1.94. The molecule has 0 saturated heterocycles. The van der Waals surface area contributed by atoms with Crippen molar-refractivity contribution in [2.24, 2.45) is 11.8 Å². The van der Waals surface area contributed by atoms with E-state index in [1.807, 2.05) is 0 Å². The lowest BCUT2D eigenvalue weighted by molar-refractivity contribution is -0.161. The number of carbonyl (C=O) groups is 4. The summed E-state index contributed by atoms with van der Waals surface area (Å²) in [7, 11) is -9.92. The summed E-state index contributed by atoms with van der Waals surface area (Å²) in [6.45, 7) is 9.65. The summed E-state index contributed by atoms with van der Waals surface area (Å²) < 4.78 is 68.8. The normalized spacial score (nSPS) is 14.1. The molecule has 0 spiro atoms. The molecule has 0 rings (SSSR count). The van der Waals surface area contributed by atoms with E-state index in [-0.39, 0.29) is 25.7 Å². The average Bonchev–Trinajstić information content (AvgIpc) is 1.55. The summed E-state index contributed by atoms with van der Waals surface area (Å²) in [6.07, 6.45) is 66.7. The summed E-state index contributed by atoms with van der Waals surface area (Å²) in [6, 6.07) is 0. The van der Waals surface area contributed by atoms with Gasteiger partial charge in [0.2, 0.25) is 0 Å². The lowest BCUT2D eigenvalue weighted by Gasteiger charge is -2.21. The second kappa shape index (κ2) is 75.5. The maximum Gasteiger partial charge on any atom is 0.472 e. The van der Waals surface area contributed by atoms with E-state index in [9.17, 15) is 43.2 Å². The van der Waals surface area contributed by atoms with Crippen molar-refractivity contribution in [1.82, 2.24) is 0 Å². The highest BCUT2D eigenvalue weighted by Gasteiger charge is 2.30. The smallest absolute Gasteiger partial charge is 0.462 e. The van der Waals surface area contributed by atoms with E-state index in [0.29, 0.717) is 25.7 Å². The van der Waals surface area contributed by atoms with E-state index in [0.717, 1.165) is 108 Å². The SMILES string of the molecule is CCCCCCCCCCCCCCCCCCCCCCC(=O)O[C@H](COC(=O)CCCCCCCCCCCCCCCCCC(C)C)COP(=O)(O)OC[C@@H](O)COP(=O)(O)OC[C@@H](COC(=O)CCCCCCCCC(C)CC)OC(=O)CCCCCCCCCCCCCCCCC. The number of aliphatic hydroxyl groups is 1. The predicted octanol–water partition coefficient (Wildman–Crippen LogP) is 25.5. The van der Waals surface area contributed by atoms with E-state index in [1.54, 1.807) is 0 Å². The number of phosphoric ester groups is 2. The average molecular weight is 1510 g/mol. The van der Waals surface area contributed by atoms with Crippen molar-refractivity contribution in [3.05, 3.63) is 0 Å². The summed E-state index contributed by atoms with van der Waals surface area (Å²) in [5.41, 5.74) is 0. The minimum atomic E-state index is -4.96. The molecule has 0 saturated carbocycles. The maximum absolute atomic E-state index is 13.1. The monoisotopic (exact) mass is 1510 g/mol. The topological polar surface area (TPSA) is 237 Å². The van der Waals surface area contributed by atoms with Crippen LogP contribution in [0.3, 0.4) is 0 Å². The minimum absolute atomic E-state index is 0.107. The van der Waals surface area contributed by atoms with Gasteiger partial charge in [0.05, 0.1) is 26.4 Å². The molecular formula is C84H164O17P2. The summed E-state index contributed by atoms with van der Waals surface area (Å²) >= 11 is 0. The van der Waals surface area contributed by atoms with Crippen molar-refractivity contribution in [2.45, 2.75) is 464 Å². The number of hydrogen-bond acceptors (Lipinski definition) is 15. The van der Waals surface area contributed by atoms with Crippen molar-refractivity contribution >= 4 is 39.5 Å². The molecule has 19 heteroatoms. The quantitative estimate of drug-likeness (QED) is 0.0222. The van der Waals surface area contributed by atoms with E-state index < -0.39 is 97.5 Å². The highest BCUT2D eigenvalue weighted by Crippen LogP contribution is 2.45. The van der Waals surface area contributed by atoms with Gasteiger partial charge in [-0.05, 0) is 37.5 Å². The molecule has 0 fully saturated rings. The van der Waals surface area contributed by atoms with Gasteiger partial charge in [-0.2, -0.15) is 0 Å². The maximum atomic E-state index is 13.1. The molecule has 6 atom stereocenters. The van der Waals surface area contributed by atoms with E-state index in [4.69, 9.17) is 37.0 Å². The molecular weight excluding hydrogens is 1340 g/mol. The van der Waals surface area contributed by atoms with Gasteiger partial charge in [-0.3, -0.25) is 37.3 Å². The molecule has 3 unspecified atom stereocenters. The molecule has 103 heavy (non-hydrogen) atoms. The van der Waals surface area contributed by atoms with Crippen LogP contribution >= 0.6 is 15.6 Å². The van der Waals surface area contributed by atoms with Crippen molar-refractivity contribution in [2.75, 3.05) is 39.6 Å². The van der Waals surface area contributed by atoms with Crippen LogP contribution in [0.1, 0.15) is 446 Å². The predicted molar refractivity (Wildman–Crippen MR) is 423 cm³/mol. The third kappa shape index (κ3) is 76.6. The van der Waals surface area contributed by atoms with Crippen LogP contribution in [0.2, 0.25) is 0 Å². The number of hydrogen-bond donors (Lipinski definition) is 3. The molecule has 0 aromatic carbocycles. The molecule has 0 aromatic rings. The Kier molecular flexibility index (Phi) is 74.1. The zero-order chi connectivity index (χ0) is 75.6. The van der Waals surface area contributed by atoms with Crippen LogP contribution in [0.15, 0.2) is 0 Å². The molecule has 0 radical (unpaired) electrons. The Balaban J connectivity index is 5.23. The lowest BCUT2D eigenvalue weighted by atomic mass is 10.00. The van der Waals surface area contributed by atoms with Crippen LogP contribution in [0, 0.1) is 11.8 Å². The van der Waals surface area contributed by atoms with Crippen LogP contribution in [0.5, 0.6) is 0 Å². The molecule has 0 aromatic heterocycles. The second-order valence-electron chi connectivity index (χ2n) is 30.9. The van der Waals surface area contributed by atoms with Gasteiger partial charge in [-0.1, -0.05) is 395 Å². The number of esters is 4. The molecule has 3 N–H and O–H groups in total.